The Bertz CT molecular complexity index is 707. The van der Waals surface area contributed by atoms with E-state index in [1.807, 2.05) is 30.3 Å². The quantitative estimate of drug-likeness (QED) is 0.728. The summed E-state index contributed by atoms with van der Waals surface area (Å²) in [5.74, 6) is 0.869. The van der Waals surface area contributed by atoms with Crippen molar-refractivity contribution in [3.05, 3.63) is 59.4 Å². The number of ether oxygens (including phenoxy) is 3. The largest absolute Gasteiger partial charge is 0.497 e. The van der Waals surface area contributed by atoms with E-state index in [-0.39, 0.29) is 5.75 Å². The summed E-state index contributed by atoms with van der Waals surface area (Å²) in [7, 11) is 3.13. The number of hydrogen-bond acceptors (Lipinski definition) is 3. The topological polar surface area (TPSA) is 27.7 Å². The Balaban J connectivity index is 2.22. The molecule has 2 aromatic rings. The number of para-hydroxylation sites is 1. The van der Waals surface area contributed by atoms with Gasteiger partial charge in [-0.1, -0.05) is 24.3 Å². The number of halogens is 1. The number of rotatable bonds is 3. The molecule has 108 valence electrons. The first-order valence-corrected chi connectivity index (χ1v) is 6.59. The van der Waals surface area contributed by atoms with Gasteiger partial charge >= 0.3 is 0 Å². The van der Waals surface area contributed by atoms with Crippen LogP contribution >= 0.6 is 0 Å². The predicted octanol–water partition coefficient (Wildman–Crippen LogP) is 4.02. The minimum Gasteiger partial charge on any atom is -0.497 e. The summed E-state index contributed by atoms with van der Waals surface area (Å²) in [5.41, 5.74) is 2.46. The summed E-state index contributed by atoms with van der Waals surface area (Å²) in [4.78, 5) is 0. The Morgan fingerprint density at radius 3 is 2.71 bits per heavy atom. The third-order valence-corrected chi connectivity index (χ3v) is 3.39. The van der Waals surface area contributed by atoms with Gasteiger partial charge in [-0.2, -0.15) is 0 Å². The Hall–Kier alpha value is -2.33. The van der Waals surface area contributed by atoms with E-state index >= 15 is 0 Å². The average Bonchev–Trinajstić information content (AvgIpc) is 2.52. The van der Waals surface area contributed by atoms with Gasteiger partial charge in [0.05, 0.1) is 13.7 Å². The molecule has 0 amide bonds. The second kappa shape index (κ2) is 5.58. The average molecular weight is 286 g/mol. The van der Waals surface area contributed by atoms with Crippen molar-refractivity contribution in [2.75, 3.05) is 20.8 Å². The highest BCUT2D eigenvalue weighted by Crippen LogP contribution is 2.45. The van der Waals surface area contributed by atoms with Gasteiger partial charge in [0, 0.05) is 24.3 Å². The van der Waals surface area contributed by atoms with Crippen molar-refractivity contribution in [3.8, 4) is 17.2 Å². The molecule has 1 aliphatic heterocycles. The van der Waals surface area contributed by atoms with Gasteiger partial charge in [0.2, 0.25) is 0 Å². The molecular formula is C17H15FO3. The Labute approximate surface area is 122 Å². The van der Waals surface area contributed by atoms with Crippen LogP contribution in [0.5, 0.6) is 17.2 Å². The molecular weight excluding hydrogens is 271 g/mol. The normalized spacial score (nSPS) is 14.3. The zero-order chi connectivity index (χ0) is 14.8. The molecule has 0 N–H and O–H groups in total. The molecule has 3 rings (SSSR count). The van der Waals surface area contributed by atoms with Crippen molar-refractivity contribution >= 4 is 5.57 Å². The first-order chi connectivity index (χ1) is 10.2. The maximum atomic E-state index is 14.2. The number of methoxy groups -OCH3 is 2. The minimum absolute atomic E-state index is 0.219. The lowest BCUT2D eigenvalue weighted by molar-refractivity contribution is 0.234. The van der Waals surface area contributed by atoms with Gasteiger partial charge in [0.15, 0.2) is 11.6 Å². The van der Waals surface area contributed by atoms with Gasteiger partial charge < -0.3 is 14.2 Å². The molecule has 4 heteroatoms. The van der Waals surface area contributed by atoms with Crippen LogP contribution < -0.4 is 9.47 Å². The monoisotopic (exact) mass is 286 g/mol. The first kappa shape index (κ1) is 13.6. The van der Waals surface area contributed by atoms with E-state index in [9.17, 15) is 4.39 Å². The molecule has 0 saturated carbocycles. The Morgan fingerprint density at radius 1 is 1.14 bits per heavy atom. The molecule has 21 heavy (non-hydrogen) atoms. The second-order valence-electron chi connectivity index (χ2n) is 4.66. The summed E-state index contributed by atoms with van der Waals surface area (Å²) in [6.45, 7) is 0.432. The fraction of sp³-hybridized carbons (Fsp3) is 0.176. The van der Waals surface area contributed by atoms with E-state index < -0.39 is 5.82 Å². The smallest absolute Gasteiger partial charge is 0.171 e. The van der Waals surface area contributed by atoms with Gasteiger partial charge in [0.1, 0.15) is 11.5 Å². The minimum atomic E-state index is -0.442. The van der Waals surface area contributed by atoms with Crippen LogP contribution in [0.4, 0.5) is 4.39 Å². The highest BCUT2D eigenvalue weighted by Gasteiger charge is 2.25. The van der Waals surface area contributed by atoms with Crippen molar-refractivity contribution in [1.29, 1.82) is 0 Å². The summed E-state index contributed by atoms with van der Waals surface area (Å²) in [6.07, 6.45) is 1.92. The Kier molecular flexibility index (Phi) is 3.62. The third kappa shape index (κ3) is 2.38. The first-order valence-electron chi connectivity index (χ1n) is 6.59. The second-order valence-corrected chi connectivity index (χ2v) is 4.66. The van der Waals surface area contributed by atoms with Gasteiger partial charge in [0.25, 0.3) is 0 Å². The standard InChI is InChI=1S/C17H15FO3/c1-19-8-7-12-13-5-3-4-6-16(13)21-17-14(12)9-11(20-2)10-15(17)18/h3-7,9-10H,8H2,1-2H3. The van der Waals surface area contributed by atoms with E-state index in [0.29, 0.717) is 23.7 Å². The van der Waals surface area contributed by atoms with Crippen molar-refractivity contribution in [1.82, 2.24) is 0 Å². The molecule has 0 radical (unpaired) electrons. The molecule has 2 aromatic carbocycles. The van der Waals surface area contributed by atoms with E-state index in [2.05, 4.69) is 0 Å². The molecule has 0 fully saturated rings. The zero-order valence-corrected chi connectivity index (χ0v) is 11.9. The fourth-order valence-electron chi connectivity index (χ4n) is 2.41. The third-order valence-electron chi connectivity index (χ3n) is 3.39. The van der Waals surface area contributed by atoms with Crippen LogP contribution in [-0.4, -0.2) is 20.8 Å². The maximum absolute atomic E-state index is 14.2. The van der Waals surface area contributed by atoms with Gasteiger partial charge in [-0.25, -0.2) is 4.39 Å². The van der Waals surface area contributed by atoms with E-state index in [0.717, 1.165) is 11.1 Å². The highest BCUT2D eigenvalue weighted by atomic mass is 19.1. The summed E-state index contributed by atoms with van der Waals surface area (Å²) < 4.78 is 30.2. The van der Waals surface area contributed by atoms with Crippen LogP contribution in [0.1, 0.15) is 11.1 Å². The summed E-state index contributed by atoms with van der Waals surface area (Å²) in [6, 6.07) is 10.6. The lowest BCUT2D eigenvalue weighted by Crippen LogP contribution is -2.05. The Morgan fingerprint density at radius 2 is 1.95 bits per heavy atom. The molecule has 0 saturated heterocycles. The molecule has 0 unspecified atom stereocenters. The number of hydrogen-bond donors (Lipinski definition) is 0. The predicted molar refractivity (Wildman–Crippen MR) is 78.4 cm³/mol. The summed E-state index contributed by atoms with van der Waals surface area (Å²) >= 11 is 0. The van der Waals surface area contributed by atoms with Gasteiger partial charge in [-0.15, -0.1) is 0 Å². The van der Waals surface area contributed by atoms with Crippen molar-refractivity contribution < 1.29 is 18.6 Å². The molecule has 0 aromatic heterocycles. The van der Waals surface area contributed by atoms with Crippen molar-refractivity contribution in [2.24, 2.45) is 0 Å². The van der Waals surface area contributed by atoms with E-state index in [1.54, 1.807) is 13.2 Å². The van der Waals surface area contributed by atoms with Crippen LogP contribution in [0.2, 0.25) is 0 Å². The maximum Gasteiger partial charge on any atom is 0.171 e. The van der Waals surface area contributed by atoms with Crippen LogP contribution in [-0.2, 0) is 4.74 Å². The van der Waals surface area contributed by atoms with E-state index in [1.165, 1.54) is 13.2 Å². The lowest BCUT2D eigenvalue weighted by Gasteiger charge is -2.23. The SMILES string of the molecule is COCC=C1c2ccccc2Oc2c(F)cc(OC)cc21. The fourth-order valence-corrected chi connectivity index (χ4v) is 2.41. The van der Waals surface area contributed by atoms with Crippen LogP contribution in [0.3, 0.4) is 0 Å². The van der Waals surface area contributed by atoms with Crippen LogP contribution in [0, 0.1) is 5.82 Å². The van der Waals surface area contributed by atoms with Crippen LogP contribution in [0.25, 0.3) is 5.57 Å². The molecule has 0 atom stereocenters. The number of fused-ring (bicyclic) bond motifs is 2. The van der Waals surface area contributed by atoms with Gasteiger partial charge in [-0.05, 0) is 17.7 Å². The molecule has 0 aliphatic carbocycles. The molecule has 1 heterocycles. The molecule has 1 aliphatic rings. The molecule has 0 spiro atoms. The lowest BCUT2D eigenvalue weighted by atomic mass is 9.93. The molecule has 0 bridgehead atoms. The number of benzene rings is 2. The highest BCUT2D eigenvalue weighted by molar-refractivity contribution is 5.88. The zero-order valence-electron chi connectivity index (χ0n) is 11.9. The van der Waals surface area contributed by atoms with Crippen LogP contribution in [0.15, 0.2) is 42.5 Å². The summed E-state index contributed by atoms with van der Waals surface area (Å²) in [5, 5.41) is 0. The van der Waals surface area contributed by atoms with E-state index in [4.69, 9.17) is 14.2 Å². The van der Waals surface area contributed by atoms with Gasteiger partial charge in [-0.3, -0.25) is 0 Å². The van der Waals surface area contributed by atoms with Crippen molar-refractivity contribution in [3.63, 3.8) is 0 Å². The molecule has 3 nitrogen and oxygen atoms in total. The van der Waals surface area contributed by atoms with Crippen molar-refractivity contribution in [2.45, 2.75) is 0 Å².